The number of rotatable bonds is 12. The van der Waals surface area contributed by atoms with Crippen LogP contribution >= 0.6 is 0 Å². The molecule has 220 valence electrons. The van der Waals surface area contributed by atoms with E-state index >= 15 is 0 Å². The van der Waals surface area contributed by atoms with E-state index in [2.05, 4.69) is 38.9 Å². The zero-order valence-corrected chi connectivity index (χ0v) is 24.7. The molecule has 2 aliphatic rings. The van der Waals surface area contributed by atoms with Crippen molar-refractivity contribution in [1.82, 2.24) is 19.8 Å². The van der Waals surface area contributed by atoms with E-state index in [0.29, 0.717) is 18.6 Å². The number of likely N-dealkylation sites (tertiary alicyclic amines) is 1. The molecule has 40 heavy (non-hydrogen) atoms. The Morgan fingerprint density at radius 1 is 0.950 bits per heavy atom. The topological polar surface area (TPSA) is 94.1 Å². The van der Waals surface area contributed by atoms with Crippen molar-refractivity contribution in [1.29, 1.82) is 0 Å². The van der Waals surface area contributed by atoms with Crippen LogP contribution in [0.2, 0.25) is 0 Å². The first-order valence-corrected chi connectivity index (χ1v) is 16.1. The van der Waals surface area contributed by atoms with Crippen molar-refractivity contribution < 1.29 is 18.3 Å². The SMILES string of the molecule is CCCCN(C(=O)NC1CCCCCC1)C1CCN(Cc2ccc(Oc3ccc(CNS(=O)O)cc3)cc2)CC1. The summed E-state index contributed by atoms with van der Waals surface area (Å²) in [6.45, 7) is 6.24. The van der Waals surface area contributed by atoms with Gasteiger partial charge in [-0.2, -0.15) is 0 Å². The lowest BCUT2D eigenvalue weighted by atomic mass is 10.0. The van der Waals surface area contributed by atoms with E-state index < -0.39 is 11.3 Å². The van der Waals surface area contributed by atoms with Gasteiger partial charge in [-0.3, -0.25) is 9.45 Å². The minimum absolute atomic E-state index is 0.155. The molecule has 2 aromatic rings. The maximum absolute atomic E-state index is 13.3. The Kier molecular flexibility index (Phi) is 12.3. The van der Waals surface area contributed by atoms with Crippen molar-refractivity contribution in [2.24, 2.45) is 0 Å². The fourth-order valence-corrected chi connectivity index (χ4v) is 6.02. The molecule has 1 atom stereocenters. The second kappa shape index (κ2) is 16.1. The summed E-state index contributed by atoms with van der Waals surface area (Å²) >= 11 is -2.02. The molecule has 1 aliphatic carbocycles. The molecule has 0 radical (unpaired) electrons. The average Bonchev–Trinajstić information content (AvgIpc) is 3.23. The van der Waals surface area contributed by atoms with Crippen molar-refractivity contribution in [3.8, 4) is 11.5 Å². The first-order valence-electron chi connectivity index (χ1n) is 15.0. The van der Waals surface area contributed by atoms with E-state index in [9.17, 15) is 9.00 Å². The van der Waals surface area contributed by atoms with E-state index in [-0.39, 0.29) is 6.03 Å². The number of carbonyl (C=O) groups excluding carboxylic acids is 1. The third-order valence-corrected chi connectivity index (χ3v) is 8.47. The number of nitrogens with one attached hydrogen (secondary N) is 2. The van der Waals surface area contributed by atoms with Crippen LogP contribution in [0.3, 0.4) is 0 Å². The van der Waals surface area contributed by atoms with E-state index in [1.165, 1.54) is 31.2 Å². The second-order valence-corrected chi connectivity index (χ2v) is 11.9. The summed E-state index contributed by atoms with van der Waals surface area (Å²) in [6.07, 6.45) is 11.5. The molecule has 1 aliphatic heterocycles. The second-order valence-electron chi connectivity index (χ2n) is 11.2. The lowest BCUT2D eigenvalue weighted by molar-refractivity contribution is 0.114. The van der Waals surface area contributed by atoms with Crippen LogP contribution < -0.4 is 14.8 Å². The van der Waals surface area contributed by atoms with Crippen LogP contribution in [0.1, 0.15) is 82.3 Å². The molecule has 2 amide bonds. The molecule has 0 aromatic heterocycles. The molecule has 1 saturated carbocycles. The molecule has 3 N–H and O–H groups in total. The van der Waals surface area contributed by atoms with Crippen LogP contribution in [0.5, 0.6) is 11.5 Å². The number of hydrogen-bond donors (Lipinski definition) is 3. The van der Waals surface area contributed by atoms with E-state index in [0.717, 1.165) is 81.8 Å². The number of piperidine rings is 1. The molecule has 0 spiro atoms. The van der Waals surface area contributed by atoms with Crippen LogP contribution in [-0.2, 0) is 24.4 Å². The van der Waals surface area contributed by atoms with Gasteiger partial charge in [-0.25, -0.2) is 13.7 Å². The van der Waals surface area contributed by atoms with Crippen molar-refractivity contribution in [2.75, 3.05) is 19.6 Å². The largest absolute Gasteiger partial charge is 0.457 e. The van der Waals surface area contributed by atoms with E-state index in [1.54, 1.807) is 0 Å². The van der Waals surface area contributed by atoms with Gasteiger partial charge in [-0.05, 0) is 67.5 Å². The molecule has 9 heteroatoms. The molecular formula is C31H46N4O4S. The summed E-state index contributed by atoms with van der Waals surface area (Å²) in [4.78, 5) is 17.9. The third-order valence-electron chi connectivity index (χ3n) is 8.08. The number of benzene rings is 2. The molecule has 0 bridgehead atoms. The van der Waals surface area contributed by atoms with Crippen LogP contribution in [-0.4, -0.2) is 56.3 Å². The fourth-order valence-electron chi connectivity index (χ4n) is 5.73. The predicted molar refractivity (Wildman–Crippen MR) is 161 cm³/mol. The Morgan fingerprint density at radius 3 is 2.12 bits per heavy atom. The van der Waals surface area contributed by atoms with E-state index in [1.807, 2.05) is 36.4 Å². The third kappa shape index (κ3) is 9.87. The van der Waals surface area contributed by atoms with Crippen molar-refractivity contribution in [3.63, 3.8) is 0 Å². The molecule has 2 aromatic carbocycles. The van der Waals surface area contributed by atoms with Gasteiger partial charge in [-0.15, -0.1) is 0 Å². The molecule has 2 fully saturated rings. The van der Waals surface area contributed by atoms with Crippen molar-refractivity contribution in [2.45, 2.75) is 96.3 Å². The smallest absolute Gasteiger partial charge is 0.317 e. The lowest BCUT2D eigenvalue weighted by Crippen LogP contribution is -2.52. The Labute approximate surface area is 242 Å². The van der Waals surface area contributed by atoms with Crippen molar-refractivity contribution >= 4 is 17.3 Å². The predicted octanol–water partition coefficient (Wildman–Crippen LogP) is 6.20. The summed E-state index contributed by atoms with van der Waals surface area (Å²) in [7, 11) is 0. The Bertz CT molecular complexity index is 1050. The van der Waals surface area contributed by atoms with Gasteiger partial charge < -0.3 is 15.0 Å². The monoisotopic (exact) mass is 570 g/mol. The normalized spacial score (nSPS) is 18.1. The number of hydrogen-bond acceptors (Lipinski definition) is 4. The molecule has 1 unspecified atom stereocenters. The zero-order chi connectivity index (χ0) is 28.2. The van der Waals surface area contributed by atoms with Crippen molar-refractivity contribution in [3.05, 3.63) is 59.7 Å². The molecule has 8 nitrogen and oxygen atoms in total. The highest BCUT2D eigenvalue weighted by atomic mass is 32.2. The molecule has 4 rings (SSSR count). The Morgan fingerprint density at radius 2 is 1.55 bits per heavy atom. The maximum Gasteiger partial charge on any atom is 0.317 e. The van der Waals surface area contributed by atoms with Crippen LogP contribution in [0.15, 0.2) is 48.5 Å². The van der Waals surface area contributed by atoms with Gasteiger partial charge in [0, 0.05) is 44.8 Å². The minimum Gasteiger partial charge on any atom is -0.457 e. The first kappa shape index (κ1) is 30.5. The van der Waals surface area contributed by atoms with Gasteiger partial charge in [0.1, 0.15) is 11.5 Å². The number of carbonyl (C=O) groups is 1. The summed E-state index contributed by atoms with van der Waals surface area (Å²) in [5.41, 5.74) is 2.15. The van der Waals surface area contributed by atoms with Gasteiger partial charge >= 0.3 is 6.03 Å². The number of ether oxygens (including phenoxy) is 1. The molecular weight excluding hydrogens is 524 g/mol. The highest BCUT2D eigenvalue weighted by Crippen LogP contribution is 2.25. The first-order chi connectivity index (χ1) is 19.5. The molecule has 1 saturated heterocycles. The van der Waals surface area contributed by atoms with Gasteiger partial charge in [0.15, 0.2) is 0 Å². The summed E-state index contributed by atoms with van der Waals surface area (Å²) in [6, 6.07) is 16.5. The molecule has 1 heterocycles. The summed E-state index contributed by atoms with van der Waals surface area (Å²) < 4.78 is 28.1. The van der Waals surface area contributed by atoms with Crippen LogP contribution in [0.25, 0.3) is 0 Å². The number of nitrogens with zero attached hydrogens (tertiary/aromatic N) is 2. The zero-order valence-electron chi connectivity index (χ0n) is 23.9. The average molecular weight is 571 g/mol. The highest BCUT2D eigenvalue weighted by molar-refractivity contribution is 7.77. The quantitative estimate of drug-likeness (QED) is 0.209. The fraction of sp³-hybridized carbons (Fsp3) is 0.581. The van der Waals surface area contributed by atoms with E-state index in [4.69, 9.17) is 9.29 Å². The number of amides is 2. The summed E-state index contributed by atoms with van der Waals surface area (Å²) in [5.74, 6) is 1.50. The van der Waals surface area contributed by atoms with Gasteiger partial charge in [0.05, 0.1) is 0 Å². The van der Waals surface area contributed by atoms with Crippen LogP contribution in [0, 0.1) is 0 Å². The number of urea groups is 1. The number of unbranched alkanes of at least 4 members (excludes halogenated alkanes) is 1. The van der Waals surface area contributed by atoms with Crippen LogP contribution in [0.4, 0.5) is 4.79 Å². The summed E-state index contributed by atoms with van der Waals surface area (Å²) in [5, 5.41) is 3.39. The standard InChI is InChI=1S/C31H46N4O4S/c1-2-3-20-35(31(36)33-27-8-6-4-5-7-9-27)28-18-21-34(22-19-28)24-26-12-16-30(17-13-26)39-29-14-10-25(11-15-29)23-32-40(37)38/h10-17,27-28,32H,2-9,18-24H2,1H3,(H,33,36)(H,37,38). The Balaban J connectivity index is 1.24. The minimum atomic E-state index is -2.02. The van der Waals surface area contributed by atoms with Gasteiger partial charge in [0.2, 0.25) is 11.3 Å². The highest BCUT2D eigenvalue weighted by Gasteiger charge is 2.29. The van der Waals surface area contributed by atoms with Gasteiger partial charge in [-0.1, -0.05) is 63.3 Å². The maximum atomic E-state index is 13.3. The Hall–Kier alpha value is -2.46. The van der Waals surface area contributed by atoms with Gasteiger partial charge in [0.25, 0.3) is 0 Å². The lowest BCUT2D eigenvalue weighted by Gasteiger charge is -2.39.